The van der Waals surface area contributed by atoms with Crippen molar-refractivity contribution in [3.8, 4) is 0 Å². The number of para-hydroxylation sites is 1. The molecule has 0 radical (unpaired) electrons. The van der Waals surface area contributed by atoms with Crippen molar-refractivity contribution in [3.63, 3.8) is 0 Å². The van der Waals surface area contributed by atoms with Crippen molar-refractivity contribution in [1.82, 2.24) is 36.5 Å². The molecule has 3 heterocycles. The fourth-order valence-electron chi connectivity index (χ4n) is 7.65. The van der Waals surface area contributed by atoms with Crippen LogP contribution in [0.2, 0.25) is 0 Å². The van der Waals surface area contributed by atoms with E-state index in [0.717, 1.165) is 15.8 Å². The Hall–Kier alpha value is -6.54. The molecule has 2 fully saturated rings. The van der Waals surface area contributed by atoms with Gasteiger partial charge in [0, 0.05) is 62.4 Å². The van der Waals surface area contributed by atoms with Crippen molar-refractivity contribution in [2.75, 3.05) is 19.6 Å². The number of guanidine groups is 1. The van der Waals surface area contributed by atoms with E-state index in [0.29, 0.717) is 24.0 Å². The molecule has 334 valence electrons. The maximum Gasteiger partial charge on any atom is 0.243 e. The fourth-order valence-corrected chi connectivity index (χ4v) is 7.65. The van der Waals surface area contributed by atoms with Crippen molar-refractivity contribution in [1.29, 1.82) is 0 Å². The lowest BCUT2D eigenvalue weighted by Crippen LogP contribution is -2.60. The first-order valence-electron chi connectivity index (χ1n) is 20.9. The molecule has 2 aliphatic heterocycles. The van der Waals surface area contributed by atoms with Crippen molar-refractivity contribution >= 4 is 58.2 Å². The quantitative estimate of drug-likeness (QED) is 0.0623. The van der Waals surface area contributed by atoms with Crippen molar-refractivity contribution in [2.45, 2.75) is 107 Å². The molecule has 15 N–H and O–H groups in total. The lowest BCUT2D eigenvalue weighted by atomic mass is 10.0. The Morgan fingerprint density at radius 1 is 0.790 bits per heavy atom. The Morgan fingerprint density at radius 3 is 2.19 bits per heavy atom. The lowest BCUT2D eigenvalue weighted by Gasteiger charge is -2.29. The zero-order valence-corrected chi connectivity index (χ0v) is 34.5. The minimum absolute atomic E-state index is 0.00276. The lowest BCUT2D eigenvalue weighted by molar-refractivity contribution is -0.140. The monoisotopic (exact) mass is 858 g/mol. The summed E-state index contributed by atoms with van der Waals surface area (Å²) in [6.07, 6.45) is 1.46. The molecule has 7 amide bonds. The average Bonchev–Trinajstić information content (AvgIpc) is 3.85. The van der Waals surface area contributed by atoms with Crippen LogP contribution >= 0.6 is 0 Å². The van der Waals surface area contributed by atoms with Crippen LogP contribution < -0.4 is 49.5 Å². The topological polar surface area (TPSA) is 335 Å². The Balaban J connectivity index is 1.49. The van der Waals surface area contributed by atoms with Gasteiger partial charge in [-0.3, -0.25) is 38.6 Å². The first kappa shape index (κ1) is 46.5. The van der Waals surface area contributed by atoms with Crippen LogP contribution in [0.1, 0.15) is 62.5 Å². The SMILES string of the molecule is NC(=O)C1CCCCNC(=O)CCC(N)C(=O)N2C[C@H](O)CC2C(=O)N[C@H](Cc2ccccc2)C(=O)NC(CCCN=C(N)N)C(=O)NC(Cc2c[nH]c3ccccc23)C(=O)N1. The zero-order valence-electron chi connectivity index (χ0n) is 34.5. The van der Waals surface area contributed by atoms with Crippen LogP contribution in [0.25, 0.3) is 10.9 Å². The van der Waals surface area contributed by atoms with Crippen molar-refractivity contribution in [2.24, 2.45) is 27.9 Å². The van der Waals surface area contributed by atoms with Gasteiger partial charge in [0.05, 0.1) is 12.1 Å². The number of carbonyl (C=O) groups excluding carboxylic acids is 7. The first-order chi connectivity index (χ1) is 29.7. The van der Waals surface area contributed by atoms with E-state index in [4.69, 9.17) is 22.9 Å². The summed E-state index contributed by atoms with van der Waals surface area (Å²) in [5.41, 5.74) is 25.2. The number of aliphatic hydroxyl groups excluding tert-OH is 1. The summed E-state index contributed by atoms with van der Waals surface area (Å²) in [5, 5.41) is 25.1. The second-order valence-corrected chi connectivity index (χ2v) is 15.7. The molecule has 5 rings (SSSR count). The zero-order chi connectivity index (χ0) is 44.8. The predicted octanol–water partition coefficient (Wildman–Crippen LogP) is -2.20. The van der Waals surface area contributed by atoms with Gasteiger partial charge in [0.25, 0.3) is 0 Å². The number of hydrogen-bond donors (Lipinski definition) is 11. The molecule has 62 heavy (non-hydrogen) atoms. The normalized spacial score (nSPS) is 25.3. The summed E-state index contributed by atoms with van der Waals surface area (Å²) in [4.78, 5) is 104. The van der Waals surface area contributed by atoms with Gasteiger partial charge in [0.2, 0.25) is 41.4 Å². The molecule has 5 unspecified atom stereocenters. The summed E-state index contributed by atoms with van der Waals surface area (Å²) < 4.78 is 0. The second-order valence-electron chi connectivity index (χ2n) is 15.7. The fraction of sp³-hybridized carbons (Fsp3) is 0.476. The van der Waals surface area contributed by atoms with E-state index >= 15 is 0 Å². The summed E-state index contributed by atoms with van der Waals surface area (Å²) >= 11 is 0. The Kier molecular flexibility index (Phi) is 16.8. The van der Waals surface area contributed by atoms with Gasteiger partial charge < -0.3 is 64.5 Å². The smallest absolute Gasteiger partial charge is 0.243 e. The van der Waals surface area contributed by atoms with Gasteiger partial charge in [0.15, 0.2) is 5.96 Å². The number of hydrogen-bond acceptors (Lipinski definition) is 10. The largest absolute Gasteiger partial charge is 0.391 e. The molecular weight excluding hydrogens is 801 g/mol. The molecule has 1 aromatic heterocycles. The number of nitrogens with one attached hydrogen (secondary N) is 6. The van der Waals surface area contributed by atoms with Crippen LogP contribution in [-0.4, -0.2) is 124 Å². The highest BCUT2D eigenvalue weighted by molar-refractivity contribution is 5.97. The number of nitrogens with zero attached hydrogens (tertiary/aromatic N) is 2. The first-order valence-corrected chi connectivity index (χ1v) is 20.9. The molecule has 0 bridgehead atoms. The molecule has 2 aromatic carbocycles. The molecule has 0 spiro atoms. The van der Waals surface area contributed by atoms with Crippen LogP contribution in [0, 0.1) is 0 Å². The van der Waals surface area contributed by atoms with Crippen LogP contribution in [0.4, 0.5) is 0 Å². The van der Waals surface area contributed by atoms with Gasteiger partial charge in [-0.25, -0.2) is 0 Å². The third kappa shape index (κ3) is 13.2. The highest BCUT2D eigenvalue weighted by Crippen LogP contribution is 2.22. The third-order valence-corrected chi connectivity index (χ3v) is 11.0. The summed E-state index contributed by atoms with van der Waals surface area (Å²) in [5.74, 6) is -4.95. The van der Waals surface area contributed by atoms with Crippen LogP contribution in [-0.2, 0) is 46.4 Å². The van der Waals surface area contributed by atoms with E-state index in [1.165, 1.54) is 0 Å². The number of aliphatic imine (C=N–C) groups is 1. The van der Waals surface area contributed by atoms with E-state index in [2.05, 4.69) is 36.6 Å². The number of benzene rings is 2. The van der Waals surface area contributed by atoms with Crippen LogP contribution in [0.3, 0.4) is 0 Å². The third-order valence-electron chi connectivity index (χ3n) is 11.0. The number of rotatable bonds is 9. The number of carbonyl (C=O) groups is 7. The van der Waals surface area contributed by atoms with Gasteiger partial charge in [-0.15, -0.1) is 0 Å². The van der Waals surface area contributed by atoms with E-state index in [9.17, 15) is 38.7 Å². The average molecular weight is 859 g/mol. The summed E-state index contributed by atoms with van der Waals surface area (Å²) in [6.45, 7) is 0.136. The minimum atomic E-state index is -1.29. The maximum absolute atomic E-state index is 14.4. The molecule has 2 aliphatic rings. The number of aromatic amines is 1. The standard InChI is InChI=1S/C42H58N12O8/c43-28-15-16-35(56)47-17-7-6-13-30(36(44)57)50-39(60)33(20-25-22-49-29-12-5-4-11-27(25)29)52-37(58)31(14-8-18-48-42(45)46)51-38(59)32(19-24-9-2-1-3-10-24)53-40(61)34-21-26(55)23-54(34)41(28)62/h1-5,9-12,22,26,28,30-34,49,55H,6-8,13-21,23,43H2,(H2,44,57)(H,47,56)(H,50,60)(H,51,59)(H,52,58)(H,53,61)(H4,45,46,48)/t26-,28?,30?,31?,32-,33?,34?/m1/s1. The van der Waals surface area contributed by atoms with E-state index < -0.39 is 77.8 Å². The number of primary amides is 1. The number of aliphatic hydroxyl groups is 1. The molecule has 3 aromatic rings. The molecule has 2 saturated heterocycles. The summed E-state index contributed by atoms with van der Waals surface area (Å²) in [6, 6.07) is 8.84. The highest BCUT2D eigenvalue weighted by atomic mass is 16.3. The number of fused-ring (bicyclic) bond motifs is 2. The molecule has 0 aliphatic carbocycles. The molecule has 0 saturated carbocycles. The Bertz CT molecular complexity index is 2090. The van der Waals surface area contributed by atoms with E-state index in [1.54, 1.807) is 36.5 Å². The molecule has 20 nitrogen and oxygen atoms in total. The van der Waals surface area contributed by atoms with Gasteiger partial charge >= 0.3 is 0 Å². The molecule has 7 atom stereocenters. The maximum atomic E-state index is 14.4. The van der Waals surface area contributed by atoms with E-state index in [1.807, 2.05) is 24.3 Å². The number of amides is 7. The number of H-pyrrole nitrogens is 1. The second kappa shape index (κ2) is 22.3. The summed E-state index contributed by atoms with van der Waals surface area (Å²) in [7, 11) is 0. The van der Waals surface area contributed by atoms with Gasteiger partial charge in [0.1, 0.15) is 30.2 Å². The molecular formula is C42H58N12O8. The van der Waals surface area contributed by atoms with E-state index in [-0.39, 0.29) is 82.9 Å². The van der Waals surface area contributed by atoms with Gasteiger partial charge in [-0.2, -0.15) is 0 Å². The molecule has 20 heteroatoms. The Labute approximate surface area is 358 Å². The van der Waals surface area contributed by atoms with Crippen molar-refractivity contribution in [3.05, 3.63) is 71.9 Å². The minimum Gasteiger partial charge on any atom is -0.391 e. The Morgan fingerprint density at radius 2 is 1.45 bits per heavy atom. The predicted molar refractivity (Wildman–Crippen MR) is 229 cm³/mol. The highest BCUT2D eigenvalue weighted by Gasteiger charge is 2.42. The van der Waals surface area contributed by atoms with Gasteiger partial charge in [-0.1, -0.05) is 48.5 Å². The number of nitrogens with two attached hydrogens (primary N) is 4. The van der Waals surface area contributed by atoms with Gasteiger partial charge in [-0.05, 0) is 55.7 Å². The number of aromatic nitrogens is 1. The van der Waals surface area contributed by atoms with Crippen LogP contribution in [0.5, 0.6) is 0 Å². The van der Waals surface area contributed by atoms with Crippen molar-refractivity contribution < 1.29 is 38.7 Å². The van der Waals surface area contributed by atoms with Crippen LogP contribution in [0.15, 0.2) is 65.8 Å².